The van der Waals surface area contributed by atoms with Gasteiger partial charge in [-0.25, -0.2) is 13.6 Å². The molecule has 2 unspecified atom stereocenters. The molecule has 2 N–H and O–H groups in total. The first-order chi connectivity index (χ1) is 8.90. The maximum Gasteiger partial charge on any atom is 0.320 e. The summed E-state index contributed by atoms with van der Waals surface area (Å²) in [6, 6.07) is 3.17. The van der Waals surface area contributed by atoms with E-state index in [0.717, 1.165) is 12.1 Å². The van der Waals surface area contributed by atoms with Crippen LogP contribution in [-0.4, -0.2) is 42.0 Å². The van der Waals surface area contributed by atoms with Crippen LogP contribution in [0, 0.1) is 11.6 Å². The van der Waals surface area contributed by atoms with Crippen LogP contribution < -0.4 is 5.73 Å². The van der Waals surface area contributed by atoms with E-state index in [4.69, 9.17) is 5.73 Å². The van der Waals surface area contributed by atoms with Crippen LogP contribution in [0.25, 0.3) is 0 Å². The number of rotatable bonds is 3. The van der Waals surface area contributed by atoms with Crippen molar-refractivity contribution in [3.63, 3.8) is 0 Å². The van der Waals surface area contributed by atoms with Crippen molar-refractivity contribution < 1.29 is 13.6 Å². The summed E-state index contributed by atoms with van der Waals surface area (Å²) in [5.74, 6) is -1.79. The first kappa shape index (κ1) is 13.7. The standard InChI is InChI=1S/C13H17F2N3O/c1-8(16)6-18-7-12(17(2)13(18)19)9-3-4-10(14)11(15)5-9/h3-5,8,12H,6-7,16H2,1-2H3. The Balaban J connectivity index is 2.21. The third-order valence-electron chi connectivity index (χ3n) is 3.27. The summed E-state index contributed by atoms with van der Waals surface area (Å²) >= 11 is 0. The number of nitrogens with zero attached hydrogens (tertiary/aromatic N) is 2. The van der Waals surface area contributed by atoms with Gasteiger partial charge in [0, 0.05) is 26.2 Å². The molecule has 0 bridgehead atoms. The summed E-state index contributed by atoms with van der Waals surface area (Å²) in [5, 5.41) is 0. The number of hydrogen-bond donors (Lipinski definition) is 1. The number of halogens is 2. The lowest BCUT2D eigenvalue weighted by Gasteiger charge is -2.18. The molecular weight excluding hydrogens is 252 g/mol. The van der Waals surface area contributed by atoms with Gasteiger partial charge in [0.2, 0.25) is 0 Å². The van der Waals surface area contributed by atoms with Gasteiger partial charge in [-0.05, 0) is 24.6 Å². The molecule has 6 heteroatoms. The molecular formula is C13H17F2N3O. The molecule has 0 saturated carbocycles. The van der Waals surface area contributed by atoms with Crippen LogP contribution in [0.15, 0.2) is 18.2 Å². The quantitative estimate of drug-likeness (QED) is 0.908. The van der Waals surface area contributed by atoms with E-state index in [-0.39, 0.29) is 18.1 Å². The Bertz CT molecular complexity index is 493. The summed E-state index contributed by atoms with van der Waals surface area (Å²) in [4.78, 5) is 15.1. The van der Waals surface area contributed by atoms with Crippen LogP contribution in [0.1, 0.15) is 18.5 Å². The van der Waals surface area contributed by atoms with Crippen molar-refractivity contribution >= 4 is 6.03 Å². The van der Waals surface area contributed by atoms with Crippen molar-refractivity contribution in [1.82, 2.24) is 9.80 Å². The molecule has 1 aliphatic heterocycles. The molecule has 0 aromatic heterocycles. The van der Waals surface area contributed by atoms with Crippen LogP contribution in [0.4, 0.5) is 13.6 Å². The maximum absolute atomic E-state index is 13.3. The molecule has 1 aliphatic rings. The van der Waals surface area contributed by atoms with E-state index in [1.165, 1.54) is 11.0 Å². The van der Waals surface area contributed by atoms with Crippen molar-refractivity contribution in [2.75, 3.05) is 20.1 Å². The van der Waals surface area contributed by atoms with Crippen molar-refractivity contribution in [1.29, 1.82) is 0 Å². The number of amides is 2. The van der Waals surface area contributed by atoms with Gasteiger partial charge in [0.05, 0.1) is 6.04 Å². The van der Waals surface area contributed by atoms with E-state index in [9.17, 15) is 13.6 Å². The number of urea groups is 1. The van der Waals surface area contributed by atoms with E-state index in [1.807, 2.05) is 6.92 Å². The molecule has 19 heavy (non-hydrogen) atoms. The fourth-order valence-corrected chi connectivity index (χ4v) is 2.31. The number of carbonyl (C=O) groups excluding carboxylic acids is 1. The molecule has 104 valence electrons. The predicted molar refractivity (Wildman–Crippen MR) is 67.5 cm³/mol. The zero-order chi connectivity index (χ0) is 14.2. The zero-order valence-corrected chi connectivity index (χ0v) is 10.9. The molecule has 1 aromatic rings. The highest BCUT2D eigenvalue weighted by Crippen LogP contribution is 2.28. The molecule has 1 saturated heterocycles. The summed E-state index contributed by atoms with van der Waals surface area (Å²) in [7, 11) is 1.65. The third kappa shape index (κ3) is 2.68. The van der Waals surface area contributed by atoms with Gasteiger partial charge >= 0.3 is 6.03 Å². The van der Waals surface area contributed by atoms with Gasteiger partial charge in [0.1, 0.15) is 0 Å². The Labute approximate surface area is 110 Å². The first-order valence-electron chi connectivity index (χ1n) is 6.12. The average Bonchev–Trinajstić information content (AvgIpc) is 2.60. The molecule has 0 radical (unpaired) electrons. The lowest BCUT2D eigenvalue weighted by atomic mass is 10.1. The highest BCUT2D eigenvalue weighted by Gasteiger charge is 2.35. The Morgan fingerprint density at radius 2 is 2.11 bits per heavy atom. The second-order valence-electron chi connectivity index (χ2n) is 4.97. The number of hydrogen-bond acceptors (Lipinski definition) is 2. The van der Waals surface area contributed by atoms with Crippen LogP contribution in [0.5, 0.6) is 0 Å². The molecule has 0 aliphatic carbocycles. The summed E-state index contributed by atoms with van der Waals surface area (Å²) in [6.45, 7) is 2.70. The monoisotopic (exact) mass is 269 g/mol. The van der Waals surface area contributed by atoms with Crippen molar-refractivity contribution in [2.24, 2.45) is 5.73 Å². The minimum absolute atomic E-state index is 0.124. The maximum atomic E-state index is 13.3. The predicted octanol–water partition coefficient (Wildman–Crippen LogP) is 1.72. The topological polar surface area (TPSA) is 49.6 Å². The second kappa shape index (κ2) is 5.13. The Morgan fingerprint density at radius 1 is 1.42 bits per heavy atom. The molecule has 4 nitrogen and oxygen atoms in total. The van der Waals surface area contributed by atoms with E-state index in [2.05, 4.69) is 0 Å². The fraction of sp³-hybridized carbons (Fsp3) is 0.462. The van der Waals surface area contributed by atoms with Gasteiger partial charge in [-0.2, -0.15) is 0 Å². The number of benzene rings is 1. The van der Waals surface area contributed by atoms with Crippen LogP contribution in [0.3, 0.4) is 0 Å². The third-order valence-corrected chi connectivity index (χ3v) is 3.27. The van der Waals surface area contributed by atoms with Gasteiger partial charge in [-0.1, -0.05) is 6.07 Å². The fourth-order valence-electron chi connectivity index (χ4n) is 2.31. The molecule has 2 rings (SSSR count). The van der Waals surface area contributed by atoms with Crippen LogP contribution in [0.2, 0.25) is 0 Å². The second-order valence-corrected chi connectivity index (χ2v) is 4.97. The van der Waals surface area contributed by atoms with Gasteiger partial charge in [-0.3, -0.25) is 0 Å². The summed E-state index contributed by atoms with van der Waals surface area (Å²) in [5.41, 5.74) is 6.27. The van der Waals surface area contributed by atoms with Crippen molar-refractivity contribution in [2.45, 2.75) is 19.0 Å². The minimum Gasteiger partial charge on any atom is -0.326 e. The van der Waals surface area contributed by atoms with Crippen molar-refractivity contribution in [3.8, 4) is 0 Å². The molecule has 1 fully saturated rings. The Kier molecular flexibility index (Phi) is 3.71. The lowest BCUT2D eigenvalue weighted by Crippen LogP contribution is -2.38. The highest BCUT2D eigenvalue weighted by atomic mass is 19.2. The number of nitrogens with two attached hydrogens (primary N) is 1. The van der Waals surface area contributed by atoms with Crippen molar-refractivity contribution in [3.05, 3.63) is 35.4 Å². The molecule has 2 amide bonds. The largest absolute Gasteiger partial charge is 0.326 e. The lowest BCUT2D eigenvalue weighted by molar-refractivity contribution is 0.194. The number of likely N-dealkylation sites (N-methyl/N-ethyl adjacent to an activating group) is 1. The SMILES string of the molecule is CC(N)CN1CC(c2ccc(F)c(F)c2)N(C)C1=O. The van der Waals surface area contributed by atoms with E-state index in [1.54, 1.807) is 11.9 Å². The minimum atomic E-state index is -0.899. The molecule has 2 atom stereocenters. The van der Waals surface area contributed by atoms with Crippen LogP contribution >= 0.6 is 0 Å². The van der Waals surface area contributed by atoms with Gasteiger partial charge in [0.25, 0.3) is 0 Å². The van der Waals surface area contributed by atoms with Gasteiger partial charge in [0.15, 0.2) is 11.6 Å². The first-order valence-corrected chi connectivity index (χ1v) is 6.12. The molecule has 0 spiro atoms. The van der Waals surface area contributed by atoms with Gasteiger partial charge in [-0.15, -0.1) is 0 Å². The van der Waals surface area contributed by atoms with E-state index >= 15 is 0 Å². The van der Waals surface area contributed by atoms with Crippen LogP contribution in [-0.2, 0) is 0 Å². The average molecular weight is 269 g/mol. The molecule has 1 aromatic carbocycles. The smallest absolute Gasteiger partial charge is 0.320 e. The Morgan fingerprint density at radius 3 is 2.68 bits per heavy atom. The summed E-state index contributed by atoms with van der Waals surface area (Å²) < 4.78 is 26.2. The van der Waals surface area contributed by atoms with Gasteiger partial charge < -0.3 is 15.5 Å². The zero-order valence-electron chi connectivity index (χ0n) is 10.9. The summed E-state index contributed by atoms with van der Waals surface area (Å²) in [6.07, 6.45) is 0. The normalized spacial score (nSPS) is 21.1. The van der Waals surface area contributed by atoms with E-state index in [0.29, 0.717) is 18.7 Å². The highest BCUT2D eigenvalue weighted by molar-refractivity contribution is 5.77. The molecule has 1 heterocycles. The Hall–Kier alpha value is -1.69. The van der Waals surface area contributed by atoms with E-state index < -0.39 is 11.6 Å². The number of carbonyl (C=O) groups is 1.